The molecule has 1 rings (SSSR count). The summed E-state index contributed by atoms with van der Waals surface area (Å²) < 4.78 is 0.605. The summed E-state index contributed by atoms with van der Waals surface area (Å²) in [5.41, 5.74) is 0. The minimum atomic E-state index is -0.336. The van der Waals surface area contributed by atoms with Crippen LogP contribution in [0.1, 0.15) is 29.4 Å². The van der Waals surface area contributed by atoms with E-state index in [0.29, 0.717) is 28.6 Å². The number of nitrogens with one attached hydrogen (secondary N) is 1. The molecule has 5 heteroatoms. The van der Waals surface area contributed by atoms with Crippen LogP contribution in [0.4, 0.5) is 0 Å². The zero-order valence-electron chi connectivity index (χ0n) is 8.50. The minimum absolute atomic E-state index is 0.129. The number of hydrogen-bond donors (Lipinski definition) is 2. The highest BCUT2D eigenvalue weighted by atomic mass is 35.5. The molecule has 2 N–H and O–H groups in total. The maximum atomic E-state index is 11.5. The largest absolute Gasteiger partial charge is 0.393 e. The summed E-state index contributed by atoms with van der Waals surface area (Å²) in [5.74, 6) is -0.129. The molecular formula is C10H14ClNO2S. The first-order valence-electron chi connectivity index (χ1n) is 4.85. The molecule has 0 aliphatic heterocycles. The van der Waals surface area contributed by atoms with Crippen molar-refractivity contribution in [3.05, 3.63) is 21.3 Å². The fourth-order valence-corrected chi connectivity index (χ4v) is 2.04. The fraction of sp³-hybridized carbons (Fsp3) is 0.500. The number of rotatable bonds is 5. The van der Waals surface area contributed by atoms with Crippen LogP contribution in [0.2, 0.25) is 4.34 Å². The first-order chi connectivity index (χ1) is 7.13. The lowest BCUT2D eigenvalue weighted by molar-refractivity contribution is 0.0946. The first-order valence-corrected chi connectivity index (χ1v) is 6.04. The maximum Gasteiger partial charge on any atom is 0.261 e. The van der Waals surface area contributed by atoms with Crippen LogP contribution in [0.3, 0.4) is 0 Å². The van der Waals surface area contributed by atoms with Gasteiger partial charge in [-0.25, -0.2) is 0 Å². The van der Waals surface area contributed by atoms with Gasteiger partial charge in [0.1, 0.15) is 0 Å². The van der Waals surface area contributed by atoms with Crippen LogP contribution in [0.25, 0.3) is 0 Å². The number of carbonyl (C=O) groups is 1. The normalized spacial score (nSPS) is 12.5. The molecule has 1 amide bonds. The van der Waals surface area contributed by atoms with Crippen molar-refractivity contribution in [2.24, 2.45) is 0 Å². The van der Waals surface area contributed by atoms with Crippen LogP contribution in [0, 0.1) is 0 Å². The predicted molar refractivity (Wildman–Crippen MR) is 62.6 cm³/mol. The molecule has 0 saturated carbocycles. The average molecular weight is 248 g/mol. The van der Waals surface area contributed by atoms with E-state index < -0.39 is 0 Å². The second-order valence-corrected chi connectivity index (χ2v) is 4.93. The summed E-state index contributed by atoms with van der Waals surface area (Å²) in [6.07, 6.45) is 0.958. The highest BCUT2D eigenvalue weighted by Crippen LogP contribution is 2.20. The van der Waals surface area contributed by atoms with Crippen LogP contribution >= 0.6 is 22.9 Å². The monoisotopic (exact) mass is 247 g/mol. The third-order valence-electron chi connectivity index (χ3n) is 2.03. The number of amides is 1. The van der Waals surface area contributed by atoms with E-state index in [-0.39, 0.29) is 12.0 Å². The summed E-state index contributed by atoms with van der Waals surface area (Å²) in [5, 5.41) is 12.0. The Bertz CT molecular complexity index is 327. The van der Waals surface area contributed by atoms with E-state index in [9.17, 15) is 9.90 Å². The van der Waals surface area contributed by atoms with Gasteiger partial charge >= 0.3 is 0 Å². The molecule has 0 bridgehead atoms. The van der Waals surface area contributed by atoms with Gasteiger partial charge in [-0.1, -0.05) is 18.5 Å². The summed E-state index contributed by atoms with van der Waals surface area (Å²) in [6.45, 7) is 2.40. The Morgan fingerprint density at radius 3 is 2.93 bits per heavy atom. The van der Waals surface area contributed by atoms with Crippen LogP contribution in [-0.2, 0) is 0 Å². The van der Waals surface area contributed by atoms with Gasteiger partial charge in [-0.3, -0.25) is 4.79 Å². The van der Waals surface area contributed by atoms with Crippen LogP contribution in [-0.4, -0.2) is 23.7 Å². The predicted octanol–water partition coefficient (Wildman–Crippen LogP) is 2.29. The zero-order chi connectivity index (χ0) is 11.3. The molecule has 84 valence electrons. The fourth-order valence-electron chi connectivity index (χ4n) is 1.08. The van der Waals surface area contributed by atoms with Gasteiger partial charge in [-0.2, -0.15) is 0 Å². The number of hydrogen-bond acceptors (Lipinski definition) is 3. The van der Waals surface area contributed by atoms with Crippen LogP contribution < -0.4 is 5.32 Å². The van der Waals surface area contributed by atoms with Gasteiger partial charge in [0, 0.05) is 6.54 Å². The summed E-state index contributed by atoms with van der Waals surface area (Å²) in [6, 6.07) is 3.39. The second-order valence-electron chi connectivity index (χ2n) is 3.21. The van der Waals surface area contributed by atoms with Gasteiger partial charge < -0.3 is 10.4 Å². The molecule has 15 heavy (non-hydrogen) atoms. The topological polar surface area (TPSA) is 49.3 Å². The smallest absolute Gasteiger partial charge is 0.261 e. The molecule has 0 aliphatic rings. The number of aliphatic hydroxyl groups is 1. The van der Waals surface area contributed by atoms with Gasteiger partial charge in [0.05, 0.1) is 15.3 Å². The Kier molecular flexibility index (Phi) is 5.08. The van der Waals surface area contributed by atoms with E-state index in [4.69, 9.17) is 11.6 Å². The second kappa shape index (κ2) is 6.10. The lowest BCUT2D eigenvalue weighted by atomic mass is 10.2. The number of halogens is 1. The molecule has 0 aliphatic carbocycles. The Morgan fingerprint density at radius 1 is 1.67 bits per heavy atom. The van der Waals surface area contributed by atoms with Crippen molar-refractivity contribution in [2.45, 2.75) is 25.9 Å². The van der Waals surface area contributed by atoms with Crippen molar-refractivity contribution in [3.8, 4) is 0 Å². The van der Waals surface area contributed by atoms with Gasteiger partial charge in [0.25, 0.3) is 5.91 Å². The molecule has 0 saturated heterocycles. The minimum Gasteiger partial charge on any atom is -0.393 e. The quantitative estimate of drug-likeness (QED) is 0.839. The third-order valence-corrected chi connectivity index (χ3v) is 3.26. The van der Waals surface area contributed by atoms with Crippen molar-refractivity contribution in [1.82, 2.24) is 5.32 Å². The van der Waals surface area contributed by atoms with E-state index >= 15 is 0 Å². The molecule has 0 aromatic carbocycles. The highest BCUT2D eigenvalue weighted by molar-refractivity contribution is 7.17. The number of carbonyl (C=O) groups excluding carboxylic acids is 1. The zero-order valence-corrected chi connectivity index (χ0v) is 10.1. The van der Waals surface area contributed by atoms with Crippen molar-refractivity contribution >= 4 is 28.8 Å². The summed E-state index contributed by atoms with van der Waals surface area (Å²) in [7, 11) is 0. The average Bonchev–Trinajstić information content (AvgIpc) is 2.64. The summed E-state index contributed by atoms with van der Waals surface area (Å²) in [4.78, 5) is 12.1. The SMILES string of the molecule is CCC(O)CCNC(=O)c1ccc(Cl)s1. The van der Waals surface area contributed by atoms with Crippen LogP contribution in [0.5, 0.6) is 0 Å². The Hall–Kier alpha value is -0.580. The van der Waals surface area contributed by atoms with Gasteiger partial charge in [0.2, 0.25) is 0 Å². The number of aliphatic hydroxyl groups excluding tert-OH is 1. The standard InChI is InChI=1S/C10H14ClNO2S/c1-2-7(13)5-6-12-10(14)8-3-4-9(11)15-8/h3-4,7,13H,2,5-6H2,1H3,(H,12,14). The molecule has 1 aromatic rings. The van der Waals surface area contributed by atoms with Crippen molar-refractivity contribution in [1.29, 1.82) is 0 Å². The molecule has 0 spiro atoms. The Morgan fingerprint density at radius 2 is 2.40 bits per heavy atom. The van der Waals surface area contributed by atoms with E-state index in [1.54, 1.807) is 12.1 Å². The van der Waals surface area contributed by atoms with E-state index in [0.717, 1.165) is 0 Å². The van der Waals surface area contributed by atoms with Crippen molar-refractivity contribution in [3.63, 3.8) is 0 Å². The molecule has 1 heterocycles. The lowest BCUT2D eigenvalue weighted by Crippen LogP contribution is -2.26. The van der Waals surface area contributed by atoms with E-state index in [2.05, 4.69) is 5.32 Å². The van der Waals surface area contributed by atoms with Gasteiger partial charge in [0.15, 0.2) is 0 Å². The Labute approximate surface area is 98.1 Å². The van der Waals surface area contributed by atoms with Crippen LogP contribution in [0.15, 0.2) is 12.1 Å². The third kappa shape index (κ3) is 4.20. The summed E-state index contributed by atoms with van der Waals surface area (Å²) >= 11 is 6.96. The van der Waals surface area contributed by atoms with E-state index in [1.807, 2.05) is 6.92 Å². The van der Waals surface area contributed by atoms with Gasteiger partial charge in [-0.05, 0) is 25.0 Å². The molecule has 0 radical (unpaired) electrons. The Balaban J connectivity index is 2.31. The maximum absolute atomic E-state index is 11.5. The molecular weight excluding hydrogens is 234 g/mol. The van der Waals surface area contributed by atoms with E-state index in [1.165, 1.54) is 11.3 Å². The lowest BCUT2D eigenvalue weighted by Gasteiger charge is -2.07. The van der Waals surface area contributed by atoms with Gasteiger partial charge in [-0.15, -0.1) is 11.3 Å². The molecule has 0 fully saturated rings. The molecule has 3 nitrogen and oxygen atoms in total. The first kappa shape index (κ1) is 12.5. The molecule has 1 atom stereocenters. The van der Waals surface area contributed by atoms with Crippen molar-refractivity contribution in [2.75, 3.05) is 6.54 Å². The molecule has 1 aromatic heterocycles. The van der Waals surface area contributed by atoms with Crippen molar-refractivity contribution < 1.29 is 9.90 Å². The number of thiophene rings is 1. The molecule has 1 unspecified atom stereocenters. The highest BCUT2D eigenvalue weighted by Gasteiger charge is 2.08.